The van der Waals surface area contributed by atoms with Crippen LogP contribution in [0.5, 0.6) is 0 Å². The third kappa shape index (κ3) is 3.00. The number of nitro benzene ring substituents is 2. The number of hydrogen-bond donors (Lipinski definition) is 0. The van der Waals surface area contributed by atoms with Gasteiger partial charge in [0.1, 0.15) is 10.1 Å². The fraction of sp³-hybridized carbons (Fsp3) is 0.143. The van der Waals surface area contributed by atoms with Gasteiger partial charge in [-0.2, -0.15) is 13.2 Å². The summed E-state index contributed by atoms with van der Waals surface area (Å²) in [7, 11) is -5.72. The first-order valence-electron chi connectivity index (χ1n) is 4.35. The second-order valence-electron chi connectivity index (χ2n) is 3.31. The highest BCUT2D eigenvalue weighted by Crippen LogP contribution is 2.39. The largest absolute Gasteiger partial charge is 0.744 e. The summed E-state index contributed by atoms with van der Waals surface area (Å²) >= 11 is 0. The highest BCUT2D eigenvalue weighted by atomic mass is 32.2. The van der Waals surface area contributed by atoms with Gasteiger partial charge in [0.15, 0.2) is 0 Å². The third-order valence-electron chi connectivity index (χ3n) is 2.02. The van der Waals surface area contributed by atoms with Crippen molar-refractivity contribution in [3.8, 4) is 0 Å². The monoisotopic (exact) mass is 315 g/mol. The molecule has 0 heterocycles. The number of nitrogens with zero attached hydrogens (tertiary/aromatic N) is 2. The standard InChI is InChI=1S/C7H3F3N2O7S/c8-7(9,10)3-1-4(11(13)14)6(20(17,18)19)5(2-3)12(15)16/h1-2H,(H,17,18,19)/p-1. The van der Waals surface area contributed by atoms with Crippen molar-refractivity contribution in [1.29, 1.82) is 0 Å². The molecule has 0 aromatic heterocycles. The Morgan fingerprint density at radius 3 is 1.55 bits per heavy atom. The molecule has 9 nitrogen and oxygen atoms in total. The molecule has 0 unspecified atom stereocenters. The van der Waals surface area contributed by atoms with E-state index >= 15 is 0 Å². The van der Waals surface area contributed by atoms with Crippen molar-refractivity contribution in [3.63, 3.8) is 0 Å². The molecule has 0 aliphatic heterocycles. The molecule has 0 spiro atoms. The minimum Gasteiger partial charge on any atom is -0.744 e. The van der Waals surface area contributed by atoms with Crippen molar-refractivity contribution < 1.29 is 36.0 Å². The van der Waals surface area contributed by atoms with Gasteiger partial charge >= 0.3 is 6.18 Å². The van der Waals surface area contributed by atoms with E-state index in [4.69, 9.17) is 0 Å². The SMILES string of the molecule is O=[N+]([O-])c1cc(C(F)(F)F)cc([N+](=O)[O-])c1S(=O)(=O)[O-]. The molecular formula is C7H2F3N2O7S-. The van der Waals surface area contributed by atoms with Crippen molar-refractivity contribution in [2.45, 2.75) is 11.1 Å². The molecule has 0 aliphatic carbocycles. The number of alkyl halides is 3. The maximum Gasteiger partial charge on any atom is 0.416 e. The zero-order chi connectivity index (χ0) is 15.9. The lowest BCUT2D eigenvalue weighted by molar-refractivity contribution is -0.400. The smallest absolute Gasteiger partial charge is 0.416 e. The number of benzene rings is 1. The normalized spacial score (nSPS) is 12.2. The van der Waals surface area contributed by atoms with E-state index in [0.29, 0.717) is 0 Å². The van der Waals surface area contributed by atoms with Gasteiger partial charge in [0, 0.05) is 12.1 Å². The summed E-state index contributed by atoms with van der Waals surface area (Å²) in [5, 5.41) is 21.1. The summed E-state index contributed by atoms with van der Waals surface area (Å²) in [6.45, 7) is 0. The Kier molecular flexibility index (Phi) is 3.69. The topological polar surface area (TPSA) is 143 Å². The minimum atomic E-state index is -5.72. The van der Waals surface area contributed by atoms with Crippen LogP contribution in [0.1, 0.15) is 5.56 Å². The van der Waals surface area contributed by atoms with Crippen LogP contribution in [0.2, 0.25) is 0 Å². The molecule has 110 valence electrons. The molecule has 0 saturated carbocycles. The lowest BCUT2D eigenvalue weighted by atomic mass is 10.1. The maximum atomic E-state index is 12.4. The molecule has 0 saturated heterocycles. The summed E-state index contributed by atoms with van der Waals surface area (Å²) in [6.07, 6.45) is -5.19. The van der Waals surface area contributed by atoms with Gasteiger partial charge in [-0.05, 0) is 0 Å². The summed E-state index contributed by atoms with van der Waals surface area (Å²) < 4.78 is 69.7. The number of hydrogen-bond acceptors (Lipinski definition) is 7. The zero-order valence-electron chi connectivity index (χ0n) is 8.95. The van der Waals surface area contributed by atoms with Crippen LogP contribution < -0.4 is 0 Å². The van der Waals surface area contributed by atoms with Crippen LogP contribution in [0.15, 0.2) is 17.0 Å². The van der Waals surface area contributed by atoms with E-state index in [0.717, 1.165) is 0 Å². The molecule has 0 N–H and O–H groups in total. The van der Waals surface area contributed by atoms with Gasteiger partial charge in [0.2, 0.25) is 4.90 Å². The van der Waals surface area contributed by atoms with Crippen LogP contribution in [0.3, 0.4) is 0 Å². The van der Waals surface area contributed by atoms with Crippen molar-refractivity contribution in [1.82, 2.24) is 0 Å². The molecule has 1 aromatic carbocycles. The highest BCUT2D eigenvalue weighted by Gasteiger charge is 2.39. The average Bonchev–Trinajstić information content (AvgIpc) is 2.24. The van der Waals surface area contributed by atoms with Gasteiger partial charge in [0.25, 0.3) is 11.4 Å². The molecule has 20 heavy (non-hydrogen) atoms. The van der Waals surface area contributed by atoms with Gasteiger partial charge in [-0.25, -0.2) is 8.42 Å². The van der Waals surface area contributed by atoms with Gasteiger partial charge < -0.3 is 4.55 Å². The molecule has 0 aliphatic rings. The van der Waals surface area contributed by atoms with Gasteiger partial charge in [-0.1, -0.05) is 0 Å². The van der Waals surface area contributed by atoms with Crippen LogP contribution >= 0.6 is 0 Å². The molecule has 0 radical (unpaired) electrons. The van der Waals surface area contributed by atoms with E-state index in [1.165, 1.54) is 0 Å². The second-order valence-corrected chi connectivity index (χ2v) is 4.63. The molecule has 0 atom stereocenters. The summed E-state index contributed by atoms with van der Waals surface area (Å²) in [4.78, 5) is 15.9. The van der Waals surface area contributed by atoms with Crippen molar-refractivity contribution in [2.24, 2.45) is 0 Å². The molecule has 0 fully saturated rings. The molecule has 0 amide bonds. The predicted octanol–water partition coefficient (Wildman–Crippen LogP) is 1.43. The quantitative estimate of drug-likeness (QED) is 0.466. The van der Waals surface area contributed by atoms with Crippen molar-refractivity contribution >= 4 is 21.5 Å². The summed E-state index contributed by atoms with van der Waals surface area (Å²) in [5.41, 5.74) is -5.42. The van der Waals surface area contributed by atoms with Gasteiger partial charge in [-0.3, -0.25) is 20.2 Å². The number of rotatable bonds is 3. The number of halogens is 3. The Labute approximate surface area is 107 Å². The second kappa shape index (κ2) is 4.68. The third-order valence-corrected chi connectivity index (χ3v) is 2.94. The zero-order valence-corrected chi connectivity index (χ0v) is 9.77. The first-order valence-corrected chi connectivity index (χ1v) is 5.76. The fourth-order valence-electron chi connectivity index (χ4n) is 1.29. The molecule has 1 aromatic rings. The highest BCUT2D eigenvalue weighted by molar-refractivity contribution is 7.86. The fourth-order valence-corrected chi connectivity index (χ4v) is 2.07. The van der Waals surface area contributed by atoms with Crippen LogP contribution in [0.4, 0.5) is 24.5 Å². The van der Waals surface area contributed by atoms with Crippen LogP contribution in [-0.2, 0) is 16.3 Å². The Morgan fingerprint density at radius 1 is 1.00 bits per heavy atom. The lowest BCUT2D eigenvalue weighted by Gasteiger charge is -2.11. The van der Waals surface area contributed by atoms with E-state index in [1.54, 1.807) is 0 Å². The van der Waals surface area contributed by atoms with E-state index in [2.05, 4.69) is 0 Å². The molecule has 1 rings (SSSR count). The Hall–Kier alpha value is -2.28. The van der Waals surface area contributed by atoms with Crippen molar-refractivity contribution in [2.75, 3.05) is 0 Å². The van der Waals surface area contributed by atoms with Crippen LogP contribution in [0.25, 0.3) is 0 Å². The van der Waals surface area contributed by atoms with Crippen molar-refractivity contribution in [3.05, 3.63) is 37.9 Å². The Bertz CT molecular complexity index is 662. The minimum absolute atomic E-state index is 0.252. The molecular weight excluding hydrogens is 313 g/mol. The van der Waals surface area contributed by atoms with Crippen LogP contribution in [0, 0.1) is 20.2 Å². The van der Waals surface area contributed by atoms with E-state index < -0.39 is 48.0 Å². The Morgan fingerprint density at radius 2 is 1.35 bits per heavy atom. The lowest BCUT2D eigenvalue weighted by Crippen LogP contribution is -2.12. The van der Waals surface area contributed by atoms with E-state index in [1.807, 2.05) is 0 Å². The first-order chi connectivity index (χ1) is 8.85. The molecule has 13 heteroatoms. The van der Waals surface area contributed by atoms with Gasteiger partial charge in [0.05, 0.1) is 15.4 Å². The van der Waals surface area contributed by atoms with Crippen LogP contribution in [-0.4, -0.2) is 22.8 Å². The van der Waals surface area contributed by atoms with E-state index in [-0.39, 0.29) is 12.1 Å². The summed E-state index contributed by atoms with van der Waals surface area (Å²) in [6, 6.07) is -0.504. The number of nitro groups is 2. The average molecular weight is 315 g/mol. The Balaban J connectivity index is 3.93. The molecule has 0 bridgehead atoms. The summed E-state index contributed by atoms with van der Waals surface area (Å²) in [5.74, 6) is 0. The van der Waals surface area contributed by atoms with Gasteiger partial charge in [-0.15, -0.1) is 0 Å². The maximum absolute atomic E-state index is 12.4. The van der Waals surface area contributed by atoms with E-state index in [9.17, 15) is 46.4 Å². The predicted molar refractivity (Wildman–Crippen MR) is 52.7 cm³/mol. The first kappa shape index (κ1) is 15.8.